The molecule has 2 N–H and O–H groups in total. The third-order valence-corrected chi connectivity index (χ3v) is 8.60. The van der Waals surface area contributed by atoms with E-state index in [0.29, 0.717) is 5.69 Å². The van der Waals surface area contributed by atoms with Crippen LogP contribution in [0.15, 0.2) is 76.3 Å². The maximum Gasteiger partial charge on any atom is 0.275 e. The van der Waals surface area contributed by atoms with Gasteiger partial charge in [0.1, 0.15) is 10.7 Å². The largest absolute Gasteiger partial charge is 0.367 e. The molecular formula is C26H25N5O2S3. The highest BCUT2D eigenvalue weighted by molar-refractivity contribution is 7.97. The van der Waals surface area contributed by atoms with Gasteiger partial charge < -0.3 is 15.5 Å². The van der Waals surface area contributed by atoms with Crippen molar-refractivity contribution < 1.29 is 9.59 Å². The summed E-state index contributed by atoms with van der Waals surface area (Å²) in [5, 5.41) is 10.5. The number of benzene rings is 2. The summed E-state index contributed by atoms with van der Waals surface area (Å²) in [7, 11) is 0. The first kappa shape index (κ1) is 24.5. The van der Waals surface area contributed by atoms with E-state index in [2.05, 4.69) is 30.9 Å². The monoisotopic (exact) mass is 535 g/mol. The molecule has 0 aliphatic carbocycles. The Bertz CT molecular complexity index is 1330. The molecule has 0 atom stereocenters. The van der Waals surface area contributed by atoms with E-state index < -0.39 is 0 Å². The van der Waals surface area contributed by atoms with Crippen molar-refractivity contribution in [1.29, 1.82) is 0 Å². The number of nitrogens with one attached hydrogen (secondary N) is 2. The number of thiophene rings is 1. The predicted molar refractivity (Wildman–Crippen MR) is 150 cm³/mol. The minimum Gasteiger partial charge on any atom is -0.367 e. The summed E-state index contributed by atoms with van der Waals surface area (Å²) in [6.07, 6.45) is 0. The van der Waals surface area contributed by atoms with E-state index in [9.17, 15) is 9.59 Å². The predicted octanol–water partition coefficient (Wildman–Crippen LogP) is 5.91. The number of carbonyl (C=O) groups excluding carboxylic acids is 2. The Morgan fingerprint density at radius 2 is 1.69 bits per heavy atom. The molecule has 1 fully saturated rings. The molecule has 1 aliphatic heterocycles. The molecule has 0 spiro atoms. The quantitative estimate of drug-likeness (QED) is 0.287. The molecular weight excluding hydrogens is 511 g/mol. The van der Waals surface area contributed by atoms with Crippen LogP contribution in [0.2, 0.25) is 0 Å². The Kier molecular flexibility index (Phi) is 7.66. The number of nitrogens with zero attached hydrogens (tertiary/aromatic N) is 3. The van der Waals surface area contributed by atoms with Crippen LogP contribution < -0.4 is 15.5 Å². The van der Waals surface area contributed by atoms with Gasteiger partial charge in [-0.15, -0.1) is 22.7 Å². The van der Waals surface area contributed by atoms with E-state index in [4.69, 9.17) is 0 Å². The zero-order valence-electron chi connectivity index (χ0n) is 19.6. The van der Waals surface area contributed by atoms with Crippen molar-refractivity contribution in [3.8, 4) is 9.88 Å². The van der Waals surface area contributed by atoms with Crippen LogP contribution >= 0.6 is 34.6 Å². The van der Waals surface area contributed by atoms with Gasteiger partial charge in [-0.25, -0.2) is 9.29 Å². The van der Waals surface area contributed by atoms with E-state index in [1.165, 1.54) is 18.3 Å². The lowest BCUT2D eigenvalue weighted by molar-refractivity contribution is -0.114. The molecule has 36 heavy (non-hydrogen) atoms. The van der Waals surface area contributed by atoms with Gasteiger partial charge in [-0.3, -0.25) is 9.59 Å². The average Bonchev–Trinajstić information content (AvgIpc) is 3.58. The van der Waals surface area contributed by atoms with Crippen LogP contribution in [-0.2, 0) is 4.79 Å². The Morgan fingerprint density at radius 3 is 2.42 bits per heavy atom. The van der Waals surface area contributed by atoms with Crippen LogP contribution in [0.1, 0.15) is 17.4 Å². The Hall–Kier alpha value is -3.18. The number of amides is 2. The van der Waals surface area contributed by atoms with Crippen LogP contribution in [0.3, 0.4) is 0 Å². The molecule has 1 saturated heterocycles. The highest BCUT2D eigenvalue weighted by Gasteiger charge is 2.21. The number of anilines is 3. The fourth-order valence-electron chi connectivity index (χ4n) is 3.90. The van der Waals surface area contributed by atoms with Gasteiger partial charge in [0.2, 0.25) is 5.91 Å². The smallest absolute Gasteiger partial charge is 0.275 e. The minimum absolute atomic E-state index is 0.0716. The molecule has 4 aromatic rings. The lowest BCUT2D eigenvalue weighted by Gasteiger charge is -2.36. The van der Waals surface area contributed by atoms with Crippen molar-refractivity contribution in [2.75, 3.05) is 41.7 Å². The summed E-state index contributed by atoms with van der Waals surface area (Å²) in [6.45, 7) is 4.98. The van der Waals surface area contributed by atoms with Crippen LogP contribution in [-0.4, -0.2) is 47.3 Å². The van der Waals surface area contributed by atoms with E-state index in [0.717, 1.165) is 58.0 Å². The number of hydrogen-bond acceptors (Lipinski definition) is 8. The molecule has 3 heterocycles. The maximum absolute atomic E-state index is 13.0. The minimum atomic E-state index is -0.196. The molecule has 0 bridgehead atoms. The van der Waals surface area contributed by atoms with E-state index in [1.54, 1.807) is 23.3 Å². The van der Waals surface area contributed by atoms with Crippen LogP contribution in [0, 0.1) is 0 Å². The van der Waals surface area contributed by atoms with E-state index in [-0.39, 0.29) is 11.8 Å². The van der Waals surface area contributed by atoms with Gasteiger partial charge in [-0.1, -0.05) is 18.2 Å². The lowest BCUT2D eigenvalue weighted by Crippen LogP contribution is -2.43. The number of thiazole rings is 1. The molecule has 1 aliphatic rings. The second-order valence-electron chi connectivity index (χ2n) is 8.20. The van der Waals surface area contributed by atoms with Crippen LogP contribution in [0.5, 0.6) is 0 Å². The SMILES string of the molecule is CC(=O)Nc1ccc(SN2CCN(c3ccccc3NC(=O)c3csc(-c4cccs4)n3)CC2)cc1. The zero-order chi connectivity index (χ0) is 24.9. The first-order chi connectivity index (χ1) is 17.5. The number of piperazine rings is 1. The van der Waals surface area contributed by atoms with Gasteiger partial charge in [0.05, 0.1) is 16.3 Å². The summed E-state index contributed by atoms with van der Waals surface area (Å²) in [5.41, 5.74) is 3.05. The maximum atomic E-state index is 13.0. The van der Waals surface area contributed by atoms with Crippen LogP contribution in [0.25, 0.3) is 9.88 Å². The second kappa shape index (κ2) is 11.3. The van der Waals surface area contributed by atoms with E-state index in [1.807, 2.05) is 65.4 Å². The zero-order valence-corrected chi connectivity index (χ0v) is 22.1. The summed E-state index contributed by atoms with van der Waals surface area (Å²) in [4.78, 5) is 33.2. The van der Waals surface area contributed by atoms with Crippen molar-refractivity contribution in [3.05, 3.63) is 77.1 Å². The molecule has 184 valence electrons. The fraction of sp³-hybridized carbons (Fsp3) is 0.192. The number of aromatic nitrogens is 1. The second-order valence-corrected chi connectivity index (χ2v) is 11.2. The first-order valence-electron chi connectivity index (χ1n) is 11.5. The van der Waals surface area contributed by atoms with Crippen molar-refractivity contribution in [1.82, 2.24) is 9.29 Å². The number of rotatable bonds is 7. The van der Waals surface area contributed by atoms with Gasteiger partial charge in [-0.05, 0) is 59.8 Å². The highest BCUT2D eigenvalue weighted by atomic mass is 32.2. The molecule has 2 amide bonds. The molecule has 7 nitrogen and oxygen atoms in total. The molecule has 0 saturated carbocycles. The normalized spacial score (nSPS) is 14.0. The van der Waals surface area contributed by atoms with Crippen LogP contribution in [0.4, 0.5) is 17.1 Å². The van der Waals surface area contributed by atoms with Gasteiger partial charge in [-0.2, -0.15) is 0 Å². The summed E-state index contributed by atoms with van der Waals surface area (Å²) < 4.78 is 2.34. The molecule has 5 rings (SSSR count). The first-order valence-corrected chi connectivity index (χ1v) is 14.0. The third kappa shape index (κ3) is 5.96. The number of hydrogen-bond donors (Lipinski definition) is 2. The standard InChI is InChI=1S/C26H25N5O2S3/c1-18(32)27-19-8-10-20(11-9-19)36-31-14-12-30(13-15-31)23-6-3-2-5-21(23)28-25(33)22-17-35-26(29-22)24-7-4-16-34-24/h2-11,16-17H,12-15H2,1H3,(H,27,32)(H,28,33). The number of carbonyl (C=O) groups is 2. The van der Waals surface area contributed by atoms with Gasteiger partial charge in [0, 0.05) is 49.1 Å². The molecule has 2 aromatic carbocycles. The highest BCUT2D eigenvalue weighted by Crippen LogP contribution is 2.31. The average molecular weight is 536 g/mol. The summed E-state index contributed by atoms with van der Waals surface area (Å²) in [6, 6.07) is 19.8. The fourth-order valence-corrected chi connectivity index (χ4v) is 6.42. The molecule has 0 radical (unpaired) electrons. The number of para-hydroxylation sites is 2. The van der Waals surface area contributed by atoms with Crippen molar-refractivity contribution in [2.45, 2.75) is 11.8 Å². The summed E-state index contributed by atoms with van der Waals surface area (Å²) >= 11 is 4.82. The van der Waals surface area contributed by atoms with Crippen molar-refractivity contribution in [2.24, 2.45) is 0 Å². The Labute approximate surface area is 222 Å². The third-order valence-electron chi connectivity index (χ3n) is 5.61. The molecule has 10 heteroatoms. The summed E-state index contributed by atoms with van der Waals surface area (Å²) in [5.74, 6) is -0.267. The van der Waals surface area contributed by atoms with E-state index >= 15 is 0 Å². The van der Waals surface area contributed by atoms with Crippen molar-refractivity contribution >= 4 is 63.5 Å². The molecule has 2 aromatic heterocycles. The lowest BCUT2D eigenvalue weighted by atomic mass is 10.2. The topological polar surface area (TPSA) is 77.6 Å². The van der Waals surface area contributed by atoms with Gasteiger partial charge >= 0.3 is 0 Å². The van der Waals surface area contributed by atoms with Crippen molar-refractivity contribution in [3.63, 3.8) is 0 Å². The Balaban J connectivity index is 1.19. The Morgan fingerprint density at radius 1 is 0.917 bits per heavy atom. The molecule has 0 unspecified atom stereocenters. The van der Waals surface area contributed by atoms with Gasteiger partial charge in [0.15, 0.2) is 0 Å². The van der Waals surface area contributed by atoms with Gasteiger partial charge in [0.25, 0.3) is 5.91 Å².